The molecule has 0 spiro atoms. The van der Waals surface area contributed by atoms with Gasteiger partial charge >= 0.3 is 0 Å². The van der Waals surface area contributed by atoms with Crippen molar-refractivity contribution in [3.8, 4) is 0 Å². The second kappa shape index (κ2) is 10.6. The van der Waals surface area contributed by atoms with Gasteiger partial charge in [-0.1, -0.05) is 44.2 Å². The lowest BCUT2D eigenvalue weighted by Gasteiger charge is -2.32. The van der Waals surface area contributed by atoms with Crippen LogP contribution < -0.4 is 10.8 Å². The van der Waals surface area contributed by atoms with Crippen molar-refractivity contribution in [2.45, 2.75) is 45.6 Å². The highest BCUT2D eigenvalue weighted by atomic mass is 19.1. The number of hydrogen-bond acceptors (Lipinski definition) is 4. The van der Waals surface area contributed by atoms with E-state index in [9.17, 15) is 18.8 Å². The number of amides is 3. The van der Waals surface area contributed by atoms with E-state index >= 15 is 0 Å². The number of likely N-dealkylation sites (tertiary alicyclic amines) is 1. The molecule has 0 aliphatic carbocycles. The number of carbonyl (C=O) groups excluding carboxylic acids is 3. The fraction of sp³-hybridized carbons (Fsp3) is 0.400. The van der Waals surface area contributed by atoms with Gasteiger partial charge in [0.15, 0.2) is 0 Å². The number of hydroxylamine groups is 1. The van der Waals surface area contributed by atoms with Gasteiger partial charge in [0, 0.05) is 25.1 Å². The number of nitrogens with one attached hydrogen (secondary N) is 2. The van der Waals surface area contributed by atoms with Crippen LogP contribution in [-0.4, -0.2) is 40.4 Å². The van der Waals surface area contributed by atoms with Crippen molar-refractivity contribution in [3.05, 3.63) is 66.0 Å². The highest BCUT2D eigenvalue weighted by molar-refractivity contribution is 5.99. The first-order chi connectivity index (χ1) is 15.7. The average molecular weight is 456 g/mol. The Balaban J connectivity index is 1.90. The number of carbonyl (C=O) groups is 3. The molecule has 1 fully saturated rings. The normalized spacial score (nSPS) is 18.9. The molecule has 1 aliphatic rings. The van der Waals surface area contributed by atoms with Crippen molar-refractivity contribution >= 4 is 23.4 Å². The summed E-state index contributed by atoms with van der Waals surface area (Å²) in [6, 6.07) is 14.0. The first kappa shape index (κ1) is 24.4. The molecule has 2 atom stereocenters. The van der Waals surface area contributed by atoms with Gasteiger partial charge in [0.05, 0.1) is 5.41 Å². The summed E-state index contributed by atoms with van der Waals surface area (Å²) >= 11 is 0. The molecule has 0 bridgehead atoms. The molecule has 8 heteroatoms. The molecule has 2 aromatic rings. The quantitative estimate of drug-likeness (QED) is 0.398. The summed E-state index contributed by atoms with van der Waals surface area (Å²) in [6.07, 6.45) is 1.03. The molecule has 0 saturated carbocycles. The molecular formula is C25H30FN3O4. The van der Waals surface area contributed by atoms with Crippen LogP contribution in [0.15, 0.2) is 54.6 Å². The van der Waals surface area contributed by atoms with Gasteiger partial charge in [-0.25, -0.2) is 9.87 Å². The first-order valence-electron chi connectivity index (χ1n) is 11.1. The molecule has 1 heterocycles. The lowest BCUT2D eigenvalue weighted by atomic mass is 9.75. The minimum absolute atomic E-state index is 0.140. The van der Waals surface area contributed by atoms with Crippen molar-refractivity contribution in [2.24, 2.45) is 11.3 Å². The Bertz CT molecular complexity index is 981. The fourth-order valence-electron chi connectivity index (χ4n) is 4.64. The summed E-state index contributed by atoms with van der Waals surface area (Å²) in [5.41, 5.74) is 1.97. The van der Waals surface area contributed by atoms with E-state index in [1.807, 2.05) is 44.2 Å². The third-order valence-corrected chi connectivity index (χ3v) is 6.03. The van der Waals surface area contributed by atoms with Crippen molar-refractivity contribution in [1.29, 1.82) is 0 Å². The Kier molecular flexibility index (Phi) is 7.81. The van der Waals surface area contributed by atoms with Crippen molar-refractivity contribution in [2.75, 3.05) is 11.9 Å². The van der Waals surface area contributed by atoms with Crippen LogP contribution in [-0.2, 0) is 20.8 Å². The molecule has 3 amide bonds. The monoisotopic (exact) mass is 455 g/mol. The molecule has 7 nitrogen and oxygen atoms in total. The maximum absolute atomic E-state index is 13.7. The summed E-state index contributed by atoms with van der Waals surface area (Å²) in [6.45, 7) is 4.26. The molecule has 3 N–H and O–H groups in total. The molecule has 0 radical (unpaired) electrons. The largest absolute Gasteiger partial charge is 0.330 e. The maximum atomic E-state index is 13.7. The van der Waals surface area contributed by atoms with Crippen LogP contribution >= 0.6 is 0 Å². The molecular weight excluding hydrogens is 425 g/mol. The van der Waals surface area contributed by atoms with Gasteiger partial charge in [-0.3, -0.25) is 19.6 Å². The third-order valence-electron chi connectivity index (χ3n) is 6.03. The Morgan fingerprint density at radius 3 is 2.39 bits per heavy atom. The molecule has 1 aliphatic heterocycles. The summed E-state index contributed by atoms with van der Waals surface area (Å²) < 4.78 is 13.3. The lowest BCUT2D eigenvalue weighted by molar-refractivity contribution is -0.146. The van der Waals surface area contributed by atoms with Gasteiger partial charge in [-0.2, -0.15) is 0 Å². The first-order valence-corrected chi connectivity index (χ1v) is 11.1. The zero-order valence-corrected chi connectivity index (χ0v) is 18.9. The summed E-state index contributed by atoms with van der Waals surface area (Å²) in [5.74, 6) is -1.55. The minimum Gasteiger partial charge on any atom is -0.330 e. The van der Waals surface area contributed by atoms with E-state index in [0.717, 1.165) is 5.56 Å². The highest BCUT2D eigenvalue weighted by Crippen LogP contribution is 2.42. The average Bonchev–Trinajstić information content (AvgIpc) is 3.09. The molecule has 176 valence electrons. The van der Waals surface area contributed by atoms with E-state index in [4.69, 9.17) is 5.21 Å². The predicted octanol–water partition coefficient (Wildman–Crippen LogP) is 3.54. The Hall–Kier alpha value is -3.26. The maximum Gasteiger partial charge on any atom is 0.247 e. The molecule has 3 rings (SSSR count). The smallest absolute Gasteiger partial charge is 0.247 e. The van der Waals surface area contributed by atoms with Gasteiger partial charge in [-0.05, 0) is 48.6 Å². The van der Waals surface area contributed by atoms with Crippen LogP contribution in [0.5, 0.6) is 0 Å². The number of benzene rings is 2. The molecule has 0 unspecified atom stereocenters. The van der Waals surface area contributed by atoms with Crippen LogP contribution in [0.1, 0.15) is 38.7 Å². The zero-order valence-electron chi connectivity index (χ0n) is 18.9. The lowest BCUT2D eigenvalue weighted by Crippen LogP contribution is -2.49. The molecule has 2 aromatic carbocycles. The zero-order chi connectivity index (χ0) is 24.0. The van der Waals surface area contributed by atoms with Crippen molar-refractivity contribution < 1.29 is 24.0 Å². The topological polar surface area (TPSA) is 98.7 Å². The highest BCUT2D eigenvalue weighted by Gasteiger charge is 2.50. The van der Waals surface area contributed by atoms with Crippen LogP contribution in [0.4, 0.5) is 10.1 Å². The van der Waals surface area contributed by atoms with Gasteiger partial charge in [0.2, 0.25) is 17.7 Å². The van der Waals surface area contributed by atoms with Crippen molar-refractivity contribution in [3.63, 3.8) is 0 Å². The molecule has 1 saturated heterocycles. The standard InChI is InChI=1S/C25H30FN3O4/c1-17(2)15-25(16-22(30)28-33)12-13-29(24(25)32)21(14-18-6-4-3-5-7-18)23(31)27-20-10-8-19(26)9-11-20/h3-11,17,21,33H,12-16H2,1-2H3,(H,27,31)(H,28,30)/t21-,25+/m0/s1. The third kappa shape index (κ3) is 5.96. The van der Waals surface area contributed by atoms with E-state index in [0.29, 0.717) is 31.5 Å². The summed E-state index contributed by atoms with van der Waals surface area (Å²) in [7, 11) is 0. The van der Waals surface area contributed by atoms with Gasteiger partial charge in [0.25, 0.3) is 0 Å². The fourth-order valence-corrected chi connectivity index (χ4v) is 4.64. The number of hydrogen-bond donors (Lipinski definition) is 3. The predicted molar refractivity (Wildman–Crippen MR) is 122 cm³/mol. The Labute approximate surface area is 192 Å². The Morgan fingerprint density at radius 2 is 1.79 bits per heavy atom. The van der Waals surface area contributed by atoms with E-state index < -0.39 is 23.2 Å². The van der Waals surface area contributed by atoms with Crippen LogP contribution in [0.25, 0.3) is 0 Å². The minimum atomic E-state index is -0.980. The van der Waals surface area contributed by atoms with E-state index in [2.05, 4.69) is 5.32 Å². The number of halogens is 1. The van der Waals surface area contributed by atoms with Crippen LogP contribution in [0, 0.1) is 17.2 Å². The van der Waals surface area contributed by atoms with Crippen LogP contribution in [0.2, 0.25) is 0 Å². The number of rotatable bonds is 9. The van der Waals surface area contributed by atoms with E-state index in [-0.39, 0.29) is 24.2 Å². The number of nitrogens with zero attached hydrogens (tertiary/aromatic N) is 1. The summed E-state index contributed by atoms with van der Waals surface area (Å²) in [5, 5.41) is 11.8. The van der Waals surface area contributed by atoms with Gasteiger partial charge < -0.3 is 10.2 Å². The van der Waals surface area contributed by atoms with E-state index in [1.165, 1.54) is 24.3 Å². The molecule has 0 aromatic heterocycles. The Morgan fingerprint density at radius 1 is 1.12 bits per heavy atom. The molecule has 33 heavy (non-hydrogen) atoms. The van der Waals surface area contributed by atoms with Gasteiger partial charge in [0.1, 0.15) is 11.9 Å². The number of anilines is 1. The summed E-state index contributed by atoms with van der Waals surface area (Å²) in [4.78, 5) is 40.6. The van der Waals surface area contributed by atoms with Crippen molar-refractivity contribution in [1.82, 2.24) is 10.4 Å². The van der Waals surface area contributed by atoms with Crippen LogP contribution in [0.3, 0.4) is 0 Å². The second-order valence-electron chi connectivity index (χ2n) is 9.04. The second-order valence-corrected chi connectivity index (χ2v) is 9.04. The SMILES string of the molecule is CC(C)C[C@@]1(CC(=O)NO)CCN([C@@H](Cc2ccccc2)C(=O)Nc2ccc(F)cc2)C1=O. The van der Waals surface area contributed by atoms with E-state index in [1.54, 1.807) is 10.4 Å². The van der Waals surface area contributed by atoms with Gasteiger partial charge in [-0.15, -0.1) is 0 Å².